The van der Waals surface area contributed by atoms with Gasteiger partial charge in [-0.05, 0) is 101 Å². The Balaban J connectivity index is 1.35. The Bertz CT molecular complexity index is 2510. The van der Waals surface area contributed by atoms with E-state index in [0.29, 0.717) is 48.0 Å². The third-order valence-electron chi connectivity index (χ3n) is 10.4. The van der Waals surface area contributed by atoms with Crippen molar-refractivity contribution in [1.82, 2.24) is 29.8 Å². The first-order chi connectivity index (χ1) is 25.7. The summed E-state index contributed by atoms with van der Waals surface area (Å²) in [5, 5.41) is 7.74. The van der Waals surface area contributed by atoms with Crippen LogP contribution in [0.1, 0.15) is 75.2 Å². The smallest absolute Gasteiger partial charge is 0.275 e. The monoisotopic (exact) mass is 767 g/mol. The van der Waals surface area contributed by atoms with Gasteiger partial charge >= 0.3 is 0 Å². The van der Waals surface area contributed by atoms with Gasteiger partial charge < -0.3 is 18.8 Å². The van der Waals surface area contributed by atoms with Gasteiger partial charge in [0.15, 0.2) is 0 Å². The minimum atomic E-state index is -0.459. The van der Waals surface area contributed by atoms with Gasteiger partial charge in [-0.3, -0.25) is 29.9 Å². The summed E-state index contributed by atoms with van der Waals surface area (Å²) in [4.78, 5) is 41.3. The van der Waals surface area contributed by atoms with Crippen molar-refractivity contribution >= 4 is 68.4 Å². The Morgan fingerprint density at radius 3 is 2.35 bits per heavy atom. The molecule has 1 unspecified atom stereocenters. The first kappa shape index (κ1) is 37.1. The summed E-state index contributed by atoms with van der Waals surface area (Å²) in [6.45, 7) is 12.2. The van der Waals surface area contributed by atoms with Gasteiger partial charge in [0.2, 0.25) is 5.91 Å². The van der Waals surface area contributed by atoms with Crippen molar-refractivity contribution in [2.24, 2.45) is 14.1 Å². The van der Waals surface area contributed by atoms with Crippen LogP contribution in [-0.2, 0) is 25.3 Å². The minimum Gasteiger partial charge on any atom is -0.494 e. The summed E-state index contributed by atoms with van der Waals surface area (Å²) in [7, 11) is 3.84. The van der Waals surface area contributed by atoms with E-state index in [-0.39, 0.29) is 17.9 Å². The molecule has 3 aromatic carbocycles. The van der Waals surface area contributed by atoms with Crippen molar-refractivity contribution < 1.29 is 19.1 Å². The summed E-state index contributed by atoms with van der Waals surface area (Å²) in [5.41, 5.74) is 14.7. The largest absolute Gasteiger partial charge is 0.494 e. The molecule has 0 aliphatic carbocycles. The quantitative estimate of drug-likeness (QED) is 0.120. The standard InChI is InChI=1S/C41H43Cl2N7O4/c1-21-16-28(17-22(2)37(21)43)54-15-9-10-29-30-12-13-32(42)36(35-24(4)46-48(8)25(35)5)38(30)50-23(3)19-49(41(53)39(29)50)34-20-47(7)33-14-11-27(18-31(33)34)40(52)45-44-26(6)51/h11-14,16-18,20,23H,9-10,15,19H2,1-8H3,(H,44,51)(H,45,52). The lowest BCUT2D eigenvalue weighted by atomic mass is 9.98. The Morgan fingerprint density at radius 1 is 0.963 bits per heavy atom. The zero-order valence-electron chi connectivity index (χ0n) is 31.6. The van der Waals surface area contributed by atoms with Crippen molar-refractivity contribution in [3.63, 3.8) is 0 Å². The second-order valence-electron chi connectivity index (χ2n) is 14.3. The first-order valence-electron chi connectivity index (χ1n) is 17.9. The highest BCUT2D eigenvalue weighted by atomic mass is 35.5. The number of rotatable bonds is 8. The van der Waals surface area contributed by atoms with Crippen molar-refractivity contribution in [2.45, 2.75) is 60.4 Å². The summed E-state index contributed by atoms with van der Waals surface area (Å²) in [5.74, 6) is -0.235. The molecular weight excluding hydrogens is 725 g/mol. The maximum absolute atomic E-state index is 15.1. The number of anilines is 1. The second kappa shape index (κ2) is 14.2. The molecule has 280 valence electrons. The maximum atomic E-state index is 15.1. The molecule has 0 spiro atoms. The van der Waals surface area contributed by atoms with Gasteiger partial charge in [0, 0.05) is 83.5 Å². The van der Waals surface area contributed by atoms with E-state index in [9.17, 15) is 9.59 Å². The summed E-state index contributed by atoms with van der Waals surface area (Å²) in [6.07, 6.45) is 3.15. The van der Waals surface area contributed by atoms with E-state index in [4.69, 9.17) is 33.0 Å². The van der Waals surface area contributed by atoms with Crippen LogP contribution in [-0.4, -0.2) is 49.8 Å². The zero-order valence-corrected chi connectivity index (χ0v) is 33.2. The lowest BCUT2D eigenvalue weighted by molar-refractivity contribution is -0.119. The first-order valence-corrected chi connectivity index (χ1v) is 18.7. The third kappa shape index (κ3) is 6.28. The number of hydrogen-bond acceptors (Lipinski definition) is 5. The number of carbonyl (C=O) groups is 3. The van der Waals surface area contributed by atoms with Crippen LogP contribution in [0.15, 0.2) is 48.7 Å². The lowest BCUT2D eigenvalue weighted by Crippen LogP contribution is -2.42. The molecule has 0 saturated carbocycles. The Hall–Kier alpha value is -5.26. The number of ether oxygens (including phenoxy) is 1. The van der Waals surface area contributed by atoms with Crippen LogP contribution in [0, 0.1) is 27.7 Å². The minimum absolute atomic E-state index is 0.147. The van der Waals surface area contributed by atoms with E-state index >= 15 is 4.79 Å². The van der Waals surface area contributed by atoms with E-state index < -0.39 is 5.91 Å². The van der Waals surface area contributed by atoms with Crippen LogP contribution in [0.25, 0.3) is 32.9 Å². The zero-order chi connectivity index (χ0) is 38.7. The Labute approximate surface area is 323 Å². The van der Waals surface area contributed by atoms with Crippen molar-refractivity contribution in [1.29, 1.82) is 0 Å². The molecule has 13 heteroatoms. The van der Waals surface area contributed by atoms with E-state index in [1.807, 2.05) is 92.5 Å². The maximum Gasteiger partial charge on any atom is 0.275 e. The number of aryl methyl sites for hydroxylation is 6. The van der Waals surface area contributed by atoms with Crippen LogP contribution in [0.3, 0.4) is 0 Å². The lowest BCUT2D eigenvalue weighted by Gasteiger charge is -2.34. The van der Waals surface area contributed by atoms with E-state index in [0.717, 1.165) is 71.8 Å². The predicted molar refractivity (Wildman–Crippen MR) is 214 cm³/mol. The fourth-order valence-corrected chi connectivity index (χ4v) is 8.24. The predicted octanol–water partition coefficient (Wildman–Crippen LogP) is 8.09. The number of aromatic nitrogens is 4. The summed E-state index contributed by atoms with van der Waals surface area (Å²) in [6, 6.07) is 13.0. The number of benzene rings is 3. The Kier molecular flexibility index (Phi) is 9.74. The second-order valence-corrected chi connectivity index (χ2v) is 15.1. The number of hydrazine groups is 1. The molecule has 3 amide bonds. The van der Waals surface area contributed by atoms with Crippen LogP contribution in [0.4, 0.5) is 5.69 Å². The number of amides is 3. The molecule has 11 nitrogen and oxygen atoms in total. The van der Waals surface area contributed by atoms with Crippen LogP contribution >= 0.6 is 23.2 Å². The molecule has 3 aromatic heterocycles. The topological polar surface area (TPSA) is 115 Å². The fourth-order valence-electron chi connectivity index (χ4n) is 7.88. The number of halogens is 2. The third-order valence-corrected chi connectivity index (χ3v) is 11.3. The van der Waals surface area contributed by atoms with Crippen molar-refractivity contribution in [3.05, 3.63) is 98.0 Å². The van der Waals surface area contributed by atoms with Gasteiger partial charge in [-0.2, -0.15) is 5.10 Å². The highest BCUT2D eigenvalue weighted by Crippen LogP contribution is 2.45. The molecule has 0 radical (unpaired) electrons. The molecule has 54 heavy (non-hydrogen) atoms. The van der Waals surface area contributed by atoms with Crippen molar-refractivity contribution in [3.8, 4) is 16.9 Å². The molecule has 0 fully saturated rings. The molecule has 7 rings (SSSR count). The van der Waals surface area contributed by atoms with Gasteiger partial charge in [0.25, 0.3) is 11.8 Å². The van der Waals surface area contributed by atoms with E-state index in [1.165, 1.54) is 6.92 Å². The molecular formula is C41H43Cl2N7O4. The normalized spacial score (nSPS) is 14.2. The highest BCUT2D eigenvalue weighted by molar-refractivity contribution is 6.35. The molecule has 0 saturated heterocycles. The van der Waals surface area contributed by atoms with Gasteiger partial charge in [-0.15, -0.1) is 0 Å². The average molecular weight is 769 g/mol. The van der Waals surface area contributed by atoms with E-state index in [1.54, 1.807) is 12.1 Å². The van der Waals surface area contributed by atoms with Gasteiger partial charge in [-0.1, -0.05) is 29.3 Å². The highest BCUT2D eigenvalue weighted by Gasteiger charge is 2.37. The number of nitrogens with zero attached hydrogens (tertiary/aromatic N) is 5. The van der Waals surface area contributed by atoms with Gasteiger partial charge in [-0.25, -0.2) is 0 Å². The van der Waals surface area contributed by atoms with E-state index in [2.05, 4.69) is 22.3 Å². The van der Waals surface area contributed by atoms with Crippen LogP contribution < -0.4 is 20.5 Å². The Morgan fingerprint density at radius 2 is 1.69 bits per heavy atom. The van der Waals surface area contributed by atoms with Gasteiger partial charge in [0.05, 0.1) is 28.5 Å². The summed E-state index contributed by atoms with van der Waals surface area (Å²) < 4.78 is 12.2. The van der Waals surface area contributed by atoms with Crippen LogP contribution in [0.2, 0.25) is 10.0 Å². The molecule has 1 aliphatic rings. The molecule has 0 bridgehead atoms. The summed E-state index contributed by atoms with van der Waals surface area (Å²) >= 11 is 13.5. The number of nitrogens with one attached hydrogen (secondary N) is 2. The molecule has 4 heterocycles. The molecule has 2 N–H and O–H groups in total. The number of fused-ring (bicyclic) bond motifs is 4. The van der Waals surface area contributed by atoms with Gasteiger partial charge in [0.1, 0.15) is 11.4 Å². The molecule has 1 atom stereocenters. The average Bonchev–Trinajstić information content (AvgIpc) is 3.73. The fraction of sp³-hybridized carbons (Fsp3) is 0.317. The number of hydrogen-bond donors (Lipinski definition) is 2. The SMILES string of the molecule is CC(=O)NNC(=O)c1ccc2c(c1)c(N1CC(C)n3c(c(CCCOc4cc(C)c(Cl)c(C)c4)c4ccc(Cl)c(-c5c(C)nn(C)c5C)c43)C1=O)cn2C. The van der Waals surface area contributed by atoms with Crippen LogP contribution in [0.5, 0.6) is 5.75 Å². The van der Waals surface area contributed by atoms with Crippen molar-refractivity contribution in [2.75, 3.05) is 18.1 Å². The molecule has 1 aliphatic heterocycles. The molecule has 6 aromatic rings. The number of carbonyl (C=O) groups excluding carboxylic acids is 3.